The second-order valence-corrected chi connectivity index (χ2v) is 5.99. The third-order valence-electron chi connectivity index (χ3n) is 2.82. The Labute approximate surface area is 100 Å². The van der Waals surface area contributed by atoms with Crippen molar-refractivity contribution >= 4 is 15.8 Å². The van der Waals surface area contributed by atoms with E-state index in [9.17, 15) is 13.5 Å². The van der Waals surface area contributed by atoms with Gasteiger partial charge >= 0.3 is 0 Å². The largest absolute Gasteiger partial charge is 0.393 e. The number of rotatable bonds is 2. The highest BCUT2D eigenvalue weighted by molar-refractivity contribution is 7.89. The number of sulfonamides is 1. The number of aliphatic hydroxyl groups excluding tert-OH is 1. The summed E-state index contributed by atoms with van der Waals surface area (Å²) in [6.45, 7) is 0.682. The number of hydrogen-bond donors (Lipinski definition) is 2. The number of nitrogen functional groups attached to an aromatic ring is 1. The van der Waals surface area contributed by atoms with Gasteiger partial charge in [0, 0.05) is 19.3 Å². The molecule has 1 aliphatic rings. The van der Waals surface area contributed by atoms with Crippen molar-refractivity contribution in [3.05, 3.63) is 18.3 Å². The molecule has 0 aliphatic carbocycles. The van der Waals surface area contributed by atoms with Gasteiger partial charge in [0.25, 0.3) is 0 Å². The van der Waals surface area contributed by atoms with Crippen LogP contribution in [0.4, 0.5) is 5.82 Å². The van der Waals surface area contributed by atoms with Gasteiger partial charge in [0.2, 0.25) is 10.0 Å². The monoisotopic (exact) mass is 257 g/mol. The maximum atomic E-state index is 12.2. The Balaban J connectivity index is 2.21. The zero-order valence-electron chi connectivity index (χ0n) is 9.28. The smallest absolute Gasteiger partial charge is 0.244 e. The van der Waals surface area contributed by atoms with E-state index in [0.717, 1.165) is 0 Å². The van der Waals surface area contributed by atoms with E-state index < -0.39 is 16.1 Å². The van der Waals surface area contributed by atoms with Crippen LogP contribution in [0.15, 0.2) is 23.2 Å². The molecule has 0 radical (unpaired) electrons. The van der Waals surface area contributed by atoms with Crippen LogP contribution in [0.5, 0.6) is 0 Å². The molecule has 0 amide bonds. The molecule has 1 aliphatic heterocycles. The molecule has 94 valence electrons. The number of anilines is 1. The van der Waals surface area contributed by atoms with Crippen LogP contribution < -0.4 is 5.73 Å². The molecular formula is C10H15N3O3S. The zero-order chi connectivity index (χ0) is 12.5. The molecule has 0 aromatic carbocycles. The number of pyridine rings is 1. The minimum absolute atomic E-state index is 0.142. The summed E-state index contributed by atoms with van der Waals surface area (Å²) in [5.41, 5.74) is 5.41. The zero-order valence-corrected chi connectivity index (χ0v) is 10.1. The summed E-state index contributed by atoms with van der Waals surface area (Å²) in [5.74, 6) is 0.290. The van der Waals surface area contributed by atoms with E-state index in [1.54, 1.807) is 0 Å². The molecule has 0 saturated carbocycles. The summed E-state index contributed by atoms with van der Waals surface area (Å²) in [6.07, 6.45) is 1.81. The minimum atomic E-state index is -3.50. The van der Waals surface area contributed by atoms with E-state index in [4.69, 9.17) is 5.73 Å². The molecular weight excluding hydrogens is 242 g/mol. The van der Waals surface area contributed by atoms with E-state index in [1.165, 1.54) is 22.6 Å². The van der Waals surface area contributed by atoms with E-state index in [-0.39, 0.29) is 10.7 Å². The molecule has 6 nitrogen and oxygen atoms in total. The SMILES string of the molecule is Nc1ccc(S(=O)(=O)N2CCC(O)CC2)cn1. The van der Waals surface area contributed by atoms with Gasteiger partial charge in [-0.25, -0.2) is 13.4 Å². The molecule has 2 rings (SSSR count). The van der Waals surface area contributed by atoms with Gasteiger partial charge in [-0.1, -0.05) is 0 Å². The maximum Gasteiger partial charge on any atom is 0.244 e. The number of hydrogen-bond acceptors (Lipinski definition) is 5. The van der Waals surface area contributed by atoms with E-state index in [0.29, 0.717) is 25.9 Å². The molecule has 2 heterocycles. The van der Waals surface area contributed by atoms with Crippen molar-refractivity contribution in [3.63, 3.8) is 0 Å². The second-order valence-electron chi connectivity index (χ2n) is 4.05. The van der Waals surface area contributed by atoms with Crippen LogP contribution in [0, 0.1) is 0 Å². The van der Waals surface area contributed by atoms with Gasteiger partial charge in [0.05, 0.1) is 6.10 Å². The van der Waals surface area contributed by atoms with Gasteiger partial charge in [0.15, 0.2) is 0 Å². The molecule has 0 unspecified atom stereocenters. The van der Waals surface area contributed by atoms with Crippen molar-refractivity contribution in [1.29, 1.82) is 0 Å². The Hall–Kier alpha value is -1.18. The van der Waals surface area contributed by atoms with Crippen LogP contribution >= 0.6 is 0 Å². The third kappa shape index (κ3) is 2.56. The number of nitrogens with zero attached hydrogens (tertiary/aromatic N) is 2. The fourth-order valence-electron chi connectivity index (χ4n) is 1.78. The fourth-order valence-corrected chi connectivity index (χ4v) is 3.19. The molecule has 0 spiro atoms. The van der Waals surface area contributed by atoms with Crippen molar-refractivity contribution in [1.82, 2.24) is 9.29 Å². The Bertz CT molecular complexity index is 478. The Morgan fingerprint density at radius 3 is 2.53 bits per heavy atom. The number of piperidine rings is 1. The summed E-state index contributed by atoms with van der Waals surface area (Å²) in [4.78, 5) is 3.92. The predicted molar refractivity (Wildman–Crippen MR) is 62.6 cm³/mol. The average Bonchev–Trinajstić information content (AvgIpc) is 2.30. The van der Waals surface area contributed by atoms with Gasteiger partial charge in [0.1, 0.15) is 10.7 Å². The molecule has 0 bridgehead atoms. The number of nitrogens with two attached hydrogens (primary N) is 1. The van der Waals surface area contributed by atoms with Crippen molar-refractivity contribution in [2.45, 2.75) is 23.8 Å². The lowest BCUT2D eigenvalue weighted by Crippen LogP contribution is -2.40. The average molecular weight is 257 g/mol. The Morgan fingerprint density at radius 1 is 1.35 bits per heavy atom. The molecule has 1 fully saturated rings. The Morgan fingerprint density at radius 2 is 2.00 bits per heavy atom. The van der Waals surface area contributed by atoms with Crippen LogP contribution in [-0.4, -0.2) is 42.0 Å². The standard InChI is InChI=1S/C10H15N3O3S/c11-10-2-1-9(7-12-10)17(15,16)13-5-3-8(14)4-6-13/h1-2,7-8,14H,3-6H2,(H2,11,12). The summed E-state index contributed by atoms with van der Waals surface area (Å²) in [7, 11) is -3.50. The molecule has 1 aromatic rings. The highest BCUT2D eigenvalue weighted by Crippen LogP contribution is 2.20. The normalized spacial score (nSPS) is 19.4. The number of aliphatic hydroxyl groups is 1. The van der Waals surface area contributed by atoms with E-state index >= 15 is 0 Å². The molecule has 1 saturated heterocycles. The second kappa shape index (κ2) is 4.59. The lowest BCUT2D eigenvalue weighted by molar-refractivity contribution is 0.113. The first-order valence-electron chi connectivity index (χ1n) is 5.40. The van der Waals surface area contributed by atoms with Crippen LogP contribution in [0.2, 0.25) is 0 Å². The van der Waals surface area contributed by atoms with E-state index in [2.05, 4.69) is 4.98 Å². The molecule has 7 heteroatoms. The van der Waals surface area contributed by atoms with Gasteiger partial charge < -0.3 is 10.8 Å². The van der Waals surface area contributed by atoms with Crippen molar-refractivity contribution in [2.75, 3.05) is 18.8 Å². The molecule has 3 N–H and O–H groups in total. The lowest BCUT2D eigenvalue weighted by Gasteiger charge is -2.28. The summed E-state index contributed by atoms with van der Waals surface area (Å²) in [6, 6.07) is 2.91. The third-order valence-corrected chi connectivity index (χ3v) is 4.70. The lowest BCUT2D eigenvalue weighted by atomic mass is 10.1. The number of aromatic nitrogens is 1. The highest BCUT2D eigenvalue weighted by atomic mass is 32.2. The van der Waals surface area contributed by atoms with Gasteiger partial charge in [-0.3, -0.25) is 0 Å². The predicted octanol–water partition coefficient (Wildman–Crippen LogP) is -0.191. The van der Waals surface area contributed by atoms with Gasteiger partial charge in [-0.05, 0) is 25.0 Å². The van der Waals surface area contributed by atoms with Crippen molar-refractivity contribution in [3.8, 4) is 0 Å². The van der Waals surface area contributed by atoms with Crippen molar-refractivity contribution < 1.29 is 13.5 Å². The summed E-state index contributed by atoms with van der Waals surface area (Å²) < 4.78 is 25.7. The van der Waals surface area contributed by atoms with Crippen molar-refractivity contribution in [2.24, 2.45) is 0 Å². The Kier molecular flexibility index (Phi) is 3.32. The minimum Gasteiger partial charge on any atom is -0.393 e. The maximum absolute atomic E-state index is 12.2. The van der Waals surface area contributed by atoms with Crippen LogP contribution in [0.3, 0.4) is 0 Å². The molecule has 17 heavy (non-hydrogen) atoms. The first-order valence-corrected chi connectivity index (χ1v) is 6.84. The first-order chi connectivity index (χ1) is 8.00. The fraction of sp³-hybridized carbons (Fsp3) is 0.500. The highest BCUT2D eigenvalue weighted by Gasteiger charge is 2.28. The van der Waals surface area contributed by atoms with Gasteiger partial charge in [-0.15, -0.1) is 0 Å². The molecule has 1 aromatic heterocycles. The van der Waals surface area contributed by atoms with E-state index in [1.807, 2.05) is 0 Å². The molecule has 0 atom stereocenters. The van der Waals surface area contributed by atoms with Gasteiger partial charge in [-0.2, -0.15) is 4.31 Å². The van der Waals surface area contributed by atoms with Crippen LogP contribution in [0.1, 0.15) is 12.8 Å². The summed E-state index contributed by atoms with van der Waals surface area (Å²) >= 11 is 0. The quantitative estimate of drug-likeness (QED) is 0.765. The summed E-state index contributed by atoms with van der Waals surface area (Å²) in [5, 5.41) is 9.35. The first kappa shape index (κ1) is 12.3. The van der Waals surface area contributed by atoms with Crippen LogP contribution in [-0.2, 0) is 10.0 Å². The topological polar surface area (TPSA) is 96.5 Å². The van der Waals surface area contributed by atoms with Crippen LogP contribution in [0.25, 0.3) is 0 Å².